The third-order valence-electron chi connectivity index (χ3n) is 2.59. The molecule has 0 bridgehead atoms. The van der Waals surface area contributed by atoms with E-state index in [2.05, 4.69) is 9.97 Å². The van der Waals surface area contributed by atoms with Gasteiger partial charge in [-0.2, -0.15) is 4.79 Å². The van der Waals surface area contributed by atoms with Gasteiger partial charge in [0.2, 0.25) is 11.5 Å². The first-order chi connectivity index (χ1) is 7.40. The third kappa shape index (κ3) is 1.27. The minimum Gasteiger partial charge on any atom is -0.473 e. The van der Waals surface area contributed by atoms with E-state index in [1.165, 1.54) is 6.33 Å². The normalized spacial score (nSPS) is 29.7. The van der Waals surface area contributed by atoms with Crippen molar-refractivity contribution >= 4 is 43.4 Å². The molecule has 6 nitrogen and oxygen atoms in total. The van der Waals surface area contributed by atoms with Crippen molar-refractivity contribution in [1.82, 2.24) is 9.97 Å². The van der Waals surface area contributed by atoms with Gasteiger partial charge in [-0.05, 0) is 13.8 Å². The zero-order chi connectivity index (χ0) is 12.1. The molecule has 1 aliphatic rings. The second-order valence-corrected chi connectivity index (χ2v) is 4.80. The van der Waals surface area contributed by atoms with Crippen molar-refractivity contribution < 1.29 is 17.8 Å². The average Bonchev–Trinajstić information content (AvgIpc) is 2.71. The lowest BCUT2D eigenvalue weighted by Gasteiger charge is -2.44. The molecule has 0 aromatic carbocycles. The van der Waals surface area contributed by atoms with E-state index in [4.69, 9.17) is 25.6 Å². The second kappa shape index (κ2) is 3.59. The highest BCUT2D eigenvalue weighted by Gasteiger charge is 2.50. The lowest BCUT2D eigenvalue weighted by Crippen LogP contribution is -3.11. The molecule has 2 rings (SSSR count). The molecule has 2 unspecified atom stereocenters. The summed E-state index contributed by atoms with van der Waals surface area (Å²) in [5.74, 6) is -0.177. The highest BCUT2D eigenvalue weighted by Crippen LogP contribution is 2.23. The first-order valence-corrected chi connectivity index (χ1v) is 5.45. The minimum absolute atomic E-state index is 0.0517. The Morgan fingerprint density at radius 2 is 2.12 bits per heavy atom. The van der Waals surface area contributed by atoms with Crippen LogP contribution in [-0.4, -0.2) is 31.8 Å². The van der Waals surface area contributed by atoms with E-state index in [-0.39, 0.29) is 16.0 Å². The number of carbonyl (C=O) groups is 2. The maximum Gasteiger partial charge on any atom is 0.490 e. The molecular formula is C8H10N4O2S2. The fourth-order valence-electron chi connectivity index (χ4n) is 1.61. The SMILES string of the molecule is CC(C)[N+]1([S-])C(=O)c2nc[nH]c2[NH+]([S-])C1=O. The number of fused-ring (bicyclic) bond motifs is 1. The van der Waals surface area contributed by atoms with Crippen LogP contribution in [0, 0.1) is 0 Å². The molecular weight excluding hydrogens is 248 g/mol. The van der Waals surface area contributed by atoms with E-state index in [0.717, 1.165) is 0 Å². The zero-order valence-electron chi connectivity index (χ0n) is 8.68. The van der Waals surface area contributed by atoms with Gasteiger partial charge in [-0.15, -0.1) is 0 Å². The Morgan fingerprint density at radius 1 is 1.50 bits per heavy atom. The molecule has 0 saturated carbocycles. The van der Waals surface area contributed by atoms with Gasteiger partial charge in [-0.25, -0.2) is 13.7 Å². The summed E-state index contributed by atoms with van der Waals surface area (Å²) in [4.78, 5) is 30.7. The van der Waals surface area contributed by atoms with Crippen LogP contribution in [0.5, 0.6) is 0 Å². The monoisotopic (exact) mass is 258 g/mol. The van der Waals surface area contributed by atoms with Crippen LogP contribution in [0.15, 0.2) is 6.33 Å². The molecule has 0 aliphatic carbocycles. The number of imidazole rings is 1. The molecule has 16 heavy (non-hydrogen) atoms. The smallest absolute Gasteiger partial charge is 0.473 e. The number of amides is 3. The molecule has 1 aromatic rings. The van der Waals surface area contributed by atoms with E-state index >= 15 is 0 Å². The summed E-state index contributed by atoms with van der Waals surface area (Å²) in [5.41, 5.74) is 0.160. The molecule has 3 amide bonds. The number of nitrogens with zero attached hydrogens (tertiary/aromatic N) is 2. The summed E-state index contributed by atoms with van der Waals surface area (Å²) in [6, 6.07) is -0.875. The van der Waals surface area contributed by atoms with E-state index in [1.807, 2.05) is 0 Å². The Hall–Kier alpha value is -0.830. The van der Waals surface area contributed by atoms with Crippen LogP contribution in [0.25, 0.3) is 0 Å². The number of rotatable bonds is 1. The maximum absolute atomic E-state index is 12.1. The summed E-state index contributed by atoms with van der Waals surface area (Å²) in [6.07, 6.45) is 1.34. The Morgan fingerprint density at radius 3 is 2.69 bits per heavy atom. The van der Waals surface area contributed by atoms with Crippen molar-refractivity contribution in [2.75, 3.05) is 0 Å². The number of urea groups is 1. The lowest BCUT2D eigenvalue weighted by atomic mass is 10.2. The molecule has 0 spiro atoms. The van der Waals surface area contributed by atoms with Crippen LogP contribution in [0.2, 0.25) is 0 Å². The number of H-pyrrole nitrogens is 1. The lowest BCUT2D eigenvalue weighted by molar-refractivity contribution is -0.764. The van der Waals surface area contributed by atoms with E-state index in [1.54, 1.807) is 13.8 Å². The summed E-state index contributed by atoms with van der Waals surface area (Å²) in [7, 11) is 0. The first-order valence-electron chi connectivity index (χ1n) is 4.68. The maximum atomic E-state index is 12.1. The number of imide groups is 1. The van der Waals surface area contributed by atoms with Gasteiger partial charge < -0.3 is 25.6 Å². The van der Waals surface area contributed by atoms with Crippen LogP contribution in [-0.2, 0) is 25.6 Å². The molecule has 0 fully saturated rings. The quantitative estimate of drug-likeness (QED) is 0.517. The largest absolute Gasteiger partial charge is 0.490 e. The Balaban J connectivity index is 2.64. The number of aromatic nitrogens is 2. The van der Waals surface area contributed by atoms with Gasteiger partial charge in [0.05, 0.1) is 12.4 Å². The van der Waals surface area contributed by atoms with E-state index in [9.17, 15) is 9.59 Å². The van der Waals surface area contributed by atoms with Crippen molar-refractivity contribution in [2.24, 2.45) is 0 Å². The summed E-state index contributed by atoms with van der Waals surface area (Å²) in [6.45, 7) is 3.42. The fourth-order valence-corrected chi connectivity index (χ4v) is 2.14. The van der Waals surface area contributed by atoms with Crippen LogP contribution >= 0.6 is 0 Å². The highest BCUT2D eigenvalue weighted by atomic mass is 32.1. The standard InChI is InChI=1S/C8H10N4O2S2/c1-4(2)12(16)7(13)5-6(10-3-9-5)11(15)8(12)14/h3-4,11H,1-2H3,(H,9,10). The van der Waals surface area contributed by atoms with Gasteiger partial charge in [0.1, 0.15) is 0 Å². The molecule has 86 valence electrons. The molecule has 0 saturated heterocycles. The van der Waals surface area contributed by atoms with Crippen LogP contribution in [0.4, 0.5) is 10.6 Å². The minimum atomic E-state index is -0.753. The third-order valence-corrected chi connectivity index (χ3v) is 3.73. The van der Waals surface area contributed by atoms with Gasteiger partial charge in [-0.1, -0.05) is 0 Å². The predicted octanol–water partition coefficient (Wildman–Crippen LogP) is -0.651. The van der Waals surface area contributed by atoms with Gasteiger partial charge >= 0.3 is 11.9 Å². The topological polar surface area (TPSA) is 67.3 Å². The van der Waals surface area contributed by atoms with Crippen LogP contribution in [0.1, 0.15) is 24.3 Å². The van der Waals surface area contributed by atoms with Crippen LogP contribution < -0.4 is 4.31 Å². The van der Waals surface area contributed by atoms with Gasteiger partial charge in [0.25, 0.3) is 0 Å². The number of carbonyl (C=O) groups excluding carboxylic acids is 2. The van der Waals surface area contributed by atoms with Crippen molar-refractivity contribution in [3.63, 3.8) is 0 Å². The van der Waals surface area contributed by atoms with Crippen molar-refractivity contribution in [3.8, 4) is 0 Å². The number of quaternary nitrogens is 2. The van der Waals surface area contributed by atoms with Gasteiger partial charge in [0, 0.05) is 0 Å². The molecule has 1 aromatic heterocycles. The Bertz CT molecular complexity index is 472. The predicted molar refractivity (Wildman–Crippen MR) is 59.1 cm³/mol. The van der Waals surface area contributed by atoms with E-state index in [0.29, 0.717) is 5.82 Å². The molecule has 1 aliphatic heterocycles. The molecule has 8 heteroatoms. The molecule has 0 radical (unpaired) electrons. The van der Waals surface area contributed by atoms with Crippen LogP contribution in [0.3, 0.4) is 0 Å². The molecule has 2 N–H and O–H groups in total. The number of hydrogen-bond acceptors (Lipinski definition) is 5. The summed E-state index contributed by atoms with van der Waals surface area (Å²) < 4.78 is -0.702. The van der Waals surface area contributed by atoms with Crippen molar-refractivity contribution in [1.29, 1.82) is 0 Å². The Kier molecular flexibility index (Phi) is 2.61. The summed E-state index contributed by atoms with van der Waals surface area (Å²) in [5, 5.41) is 0. The highest BCUT2D eigenvalue weighted by molar-refractivity contribution is 7.53. The number of hydrogen-bond donors (Lipinski definition) is 2. The van der Waals surface area contributed by atoms with Gasteiger partial charge in [0.15, 0.2) is 0 Å². The first kappa shape index (κ1) is 11.6. The summed E-state index contributed by atoms with van der Waals surface area (Å²) >= 11 is 10.1. The Labute approximate surface area is 103 Å². The van der Waals surface area contributed by atoms with Crippen molar-refractivity contribution in [3.05, 3.63) is 12.0 Å². The molecule has 2 heterocycles. The fraction of sp³-hybridized carbons (Fsp3) is 0.375. The van der Waals surface area contributed by atoms with Gasteiger partial charge in [-0.3, -0.25) is 9.29 Å². The molecule has 2 atom stereocenters. The van der Waals surface area contributed by atoms with Crippen molar-refractivity contribution in [2.45, 2.75) is 19.9 Å². The number of nitrogens with one attached hydrogen (secondary N) is 2. The second-order valence-electron chi connectivity index (χ2n) is 3.82. The average molecular weight is 258 g/mol. The number of aromatic amines is 1. The zero-order valence-corrected chi connectivity index (χ0v) is 10.3. The van der Waals surface area contributed by atoms with E-state index < -0.39 is 15.8 Å².